The summed E-state index contributed by atoms with van der Waals surface area (Å²) in [7, 11) is 0. The van der Waals surface area contributed by atoms with Gasteiger partial charge in [0.1, 0.15) is 0 Å². The molecule has 0 saturated carbocycles. The Labute approximate surface area is 285 Å². The first-order chi connectivity index (χ1) is 23.1. The van der Waals surface area contributed by atoms with Crippen molar-refractivity contribution in [2.75, 3.05) is 4.90 Å². The molecule has 0 bridgehead atoms. The maximum absolute atomic E-state index is 14.1. The highest BCUT2D eigenvalue weighted by Gasteiger charge is 2.53. The van der Waals surface area contributed by atoms with Crippen molar-refractivity contribution in [1.82, 2.24) is 4.98 Å². The van der Waals surface area contributed by atoms with Gasteiger partial charge in [-0.2, -0.15) is 0 Å². The van der Waals surface area contributed by atoms with Gasteiger partial charge in [0.25, 0.3) is 0 Å². The molecule has 3 aromatic carbocycles. The van der Waals surface area contributed by atoms with Crippen LogP contribution < -0.4 is 4.90 Å². The molecule has 48 heavy (non-hydrogen) atoms. The summed E-state index contributed by atoms with van der Waals surface area (Å²) < 4.78 is 5.61. The largest absolute Gasteiger partial charge is 0.439 e. The quantitative estimate of drug-likeness (QED) is 0.107. The van der Waals surface area contributed by atoms with Crippen LogP contribution in [-0.4, -0.2) is 28.1 Å². The topological polar surface area (TPSA) is 76.6 Å². The SMILES string of the molecule is CC[C@H](C)/C=C(C)/C=C/C1=CC2=C(Cl)C(=O)[C@](C)(OC(=O)c3ccncc3)C(=O)C2=CN1c1ccc(-c2ccc3ccccc3c2)cc1. The van der Waals surface area contributed by atoms with E-state index in [0.29, 0.717) is 11.6 Å². The number of halogens is 1. The van der Waals surface area contributed by atoms with Gasteiger partial charge in [0, 0.05) is 41.1 Å². The number of ketones is 2. The third kappa shape index (κ3) is 6.32. The molecule has 240 valence electrons. The molecule has 1 aliphatic carbocycles. The Bertz CT molecular complexity index is 2090. The van der Waals surface area contributed by atoms with Crippen LogP contribution >= 0.6 is 11.6 Å². The number of esters is 1. The molecule has 0 saturated heterocycles. The van der Waals surface area contributed by atoms with E-state index in [1.54, 1.807) is 12.3 Å². The number of benzene rings is 3. The zero-order chi connectivity index (χ0) is 34.0. The molecule has 6 nitrogen and oxygen atoms in total. The van der Waals surface area contributed by atoms with Crippen molar-refractivity contribution < 1.29 is 19.1 Å². The van der Waals surface area contributed by atoms with Crippen molar-refractivity contribution in [3.05, 3.63) is 155 Å². The van der Waals surface area contributed by atoms with Gasteiger partial charge in [-0.3, -0.25) is 14.6 Å². The minimum absolute atomic E-state index is 0.164. The van der Waals surface area contributed by atoms with Gasteiger partial charge in [0.2, 0.25) is 17.2 Å². The summed E-state index contributed by atoms with van der Waals surface area (Å²) in [6, 6.07) is 25.6. The van der Waals surface area contributed by atoms with Crippen LogP contribution in [0.2, 0.25) is 0 Å². The molecule has 0 radical (unpaired) electrons. The van der Waals surface area contributed by atoms with E-state index in [4.69, 9.17) is 16.3 Å². The normalized spacial score (nSPS) is 18.9. The molecule has 1 aromatic heterocycles. The van der Waals surface area contributed by atoms with Crippen molar-refractivity contribution in [2.45, 2.75) is 39.7 Å². The van der Waals surface area contributed by atoms with E-state index in [9.17, 15) is 14.4 Å². The van der Waals surface area contributed by atoms with Crippen molar-refractivity contribution >= 4 is 45.6 Å². The molecule has 6 rings (SSSR count). The predicted octanol–water partition coefficient (Wildman–Crippen LogP) is 9.30. The first-order valence-electron chi connectivity index (χ1n) is 15.9. The molecule has 0 fully saturated rings. The lowest BCUT2D eigenvalue weighted by Crippen LogP contribution is -2.52. The lowest BCUT2D eigenvalue weighted by molar-refractivity contribution is -0.145. The van der Waals surface area contributed by atoms with E-state index in [1.807, 2.05) is 60.4 Å². The lowest BCUT2D eigenvalue weighted by atomic mass is 9.79. The van der Waals surface area contributed by atoms with Crippen molar-refractivity contribution in [3.8, 4) is 11.1 Å². The van der Waals surface area contributed by atoms with Crippen LogP contribution in [0.3, 0.4) is 0 Å². The smallest absolute Gasteiger partial charge is 0.339 e. The van der Waals surface area contributed by atoms with Crippen LogP contribution in [0.1, 0.15) is 44.5 Å². The van der Waals surface area contributed by atoms with Crippen molar-refractivity contribution in [2.24, 2.45) is 5.92 Å². The van der Waals surface area contributed by atoms with Gasteiger partial charge in [0.05, 0.1) is 10.6 Å². The van der Waals surface area contributed by atoms with E-state index in [-0.39, 0.29) is 21.7 Å². The van der Waals surface area contributed by atoms with E-state index >= 15 is 0 Å². The number of Topliss-reactive ketones (excluding diaryl/α,β-unsaturated/α-hetero) is 2. The van der Waals surface area contributed by atoms with Crippen molar-refractivity contribution in [1.29, 1.82) is 0 Å². The highest BCUT2D eigenvalue weighted by Crippen LogP contribution is 2.41. The summed E-state index contributed by atoms with van der Waals surface area (Å²) in [6.45, 7) is 7.64. The van der Waals surface area contributed by atoms with Gasteiger partial charge < -0.3 is 9.64 Å². The number of carbonyl (C=O) groups is 3. The molecular formula is C41H35ClN2O4. The van der Waals surface area contributed by atoms with E-state index in [0.717, 1.165) is 34.2 Å². The second-order valence-electron chi connectivity index (χ2n) is 12.3. The number of allylic oxidation sites excluding steroid dienone is 6. The number of carbonyl (C=O) groups excluding carboxylic acids is 3. The maximum atomic E-state index is 14.1. The zero-order valence-corrected chi connectivity index (χ0v) is 28.0. The number of rotatable bonds is 8. The molecule has 4 aromatic rings. The van der Waals surface area contributed by atoms with Crippen LogP contribution in [0.4, 0.5) is 5.69 Å². The Hall–Kier alpha value is -5.33. The molecule has 0 spiro atoms. The third-order valence-corrected chi connectivity index (χ3v) is 9.19. The second kappa shape index (κ2) is 13.4. The number of aromatic nitrogens is 1. The molecule has 2 atom stereocenters. The summed E-state index contributed by atoms with van der Waals surface area (Å²) >= 11 is 6.70. The average Bonchev–Trinajstić information content (AvgIpc) is 3.12. The van der Waals surface area contributed by atoms with Gasteiger partial charge in [-0.15, -0.1) is 0 Å². The van der Waals surface area contributed by atoms with Gasteiger partial charge in [-0.25, -0.2) is 4.79 Å². The van der Waals surface area contributed by atoms with Gasteiger partial charge in [-0.1, -0.05) is 98.1 Å². The Kier molecular flexibility index (Phi) is 9.11. The van der Waals surface area contributed by atoms with E-state index in [1.165, 1.54) is 36.8 Å². The number of pyridine rings is 1. The highest BCUT2D eigenvalue weighted by molar-refractivity contribution is 6.49. The second-order valence-corrected chi connectivity index (χ2v) is 12.6. The number of hydrogen-bond donors (Lipinski definition) is 0. The molecule has 0 N–H and O–H groups in total. The third-order valence-electron chi connectivity index (χ3n) is 8.82. The van der Waals surface area contributed by atoms with Gasteiger partial charge in [0.15, 0.2) is 0 Å². The Balaban J connectivity index is 1.40. The zero-order valence-electron chi connectivity index (χ0n) is 27.2. The summed E-state index contributed by atoms with van der Waals surface area (Å²) in [5.41, 5.74) is 3.19. The summed E-state index contributed by atoms with van der Waals surface area (Å²) in [4.78, 5) is 46.5. The van der Waals surface area contributed by atoms with Crippen LogP contribution in [0, 0.1) is 5.92 Å². The van der Waals surface area contributed by atoms with Crippen LogP contribution in [0.15, 0.2) is 149 Å². The van der Waals surface area contributed by atoms with Crippen LogP contribution in [0.25, 0.3) is 21.9 Å². The highest BCUT2D eigenvalue weighted by atomic mass is 35.5. The summed E-state index contributed by atoms with van der Waals surface area (Å²) in [6.07, 6.45) is 13.4. The number of ether oxygens (including phenoxy) is 1. The number of anilines is 1. The fraction of sp³-hybridized carbons (Fsp3) is 0.171. The first-order valence-corrected chi connectivity index (χ1v) is 16.3. The molecule has 2 heterocycles. The fourth-order valence-corrected chi connectivity index (χ4v) is 6.16. The molecule has 7 heteroatoms. The molecule has 0 unspecified atom stereocenters. The molecule has 1 aliphatic heterocycles. The average molecular weight is 655 g/mol. The first kappa shape index (κ1) is 32.6. The fourth-order valence-electron chi connectivity index (χ4n) is 5.82. The van der Waals surface area contributed by atoms with Crippen LogP contribution in [0.5, 0.6) is 0 Å². The van der Waals surface area contributed by atoms with Gasteiger partial charge in [-0.05, 0) is 84.1 Å². The van der Waals surface area contributed by atoms with E-state index < -0.39 is 23.1 Å². The molecule has 0 amide bonds. The standard InChI is InChI=1S/C41H35ClN2O4/c1-5-26(2)22-27(3)10-15-34-24-35-36(38(45)41(4,39(46)37(35)42)48-40(47)30-18-20-43-21-19-30)25-44(34)33-16-13-29(14-17-33)32-12-11-28-8-6-7-9-31(28)23-32/h6-26H,5H2,1-4H3/b15-10+,27-22+/t26-,41+/m0/s1. The summed E-state index contributed by atoms with van der Waals surface area (Å²) in [5, 5.41) is 2.16. The Morgan fingerprint density at radius 1 is 0.958 bits per heavy atom. The van der Waals surface area contributed by atoms with Crippen LogP contribution in [-0.2, 0) is 14.3 Å². The minimum atomic E-state index is -2.14. The Morgan fingerprint density at radius 2 is 1.65 bits per heavy atom. The predicted molar refractivity (Wildman–Crippen MR) is 191 cm³/mol. The number of hydrogen-bond acceptors (Lipinski definition) is 6. The minimum Gasteiger partial charge on any atom is -0.439 e. The maximum Gasteiger partial charge on any atom is 0.339 e. The number of fused-ring (bicyclic) bond motifs is 2. The van der Waals surface area contributed by atoms with Crippen molar-refractivity contribution in [3.63, 3.8) is 0 Å². The molecule has 2 aliphatic rings. The lowest BCUT2D eigenvalue weighted by Gasteiger charge is -2.36. The van der Waals surface area contributed by atoms with E-state index in [2.05, 4.69) is 55.2 Å². The molecular weight excluding hydrogens is 620 g/mol. The van der Waals surface area contributed by atoms with Gasteiger partial charge >= 0.3 is 5.97 Å². The Morgan fingerprint density at radius 3 is 2.35 bits per heavy atom. The summed E-state index contributed by atoms with van der Waals surface area (Å²) in [5.74, 6) is -1.84. The monoisotopic (exact) mass is 654 g/mol. The number of nitrogens with zero attached hydrogens (tertiary/aromatic N) is 2.